The Hall–Kier alpha value is -1.51. The molecule has 1 saturated heterocycles. The minimum Gasteiger partial charge on any atom is -0.480 e. The lowest BCUT2D eigenvalue weighted by Gasteiger charge is -2.43. The first-order chi connectivity index (χ1) is 9.62. The van der Waals surface area contributed by atoms with E-state index in [0.717, 1.165) is 4.90 Å². The zero-order chi connectivity index (χ0) is 16.3. The van der Waals surface area contributed by atoms with E-state index in [0.29, 0.717) is 17.7 Å². The maximum absolute atomic E-state index is 12.5. The van der Waals surface area contributed by atoms with Gasteiger partial charge in [0.25, 0.3) is 0 Å². The molecule has 0 aromatic carbocycles. The number of halogens is 3. The van der Waals surface area contributed by atoms with Crippen LogP contribution in [0.25, 0.3) is 0 Å². The average molecular weight is 312 g/mol. The maximum atomic E-state index is 12.5. The van der Waals surface area contributed by atoms with Crippen molar-refractivity contribution in [3.8, 4) is 0 Å². The van der Waals surface area contributed by atoms with Gasteiger partial charge in [-0.3, -0.25) is 0 Å². The van der Waals surface area contributed by atoms with Gasteiger partial charge in [-0.2, -0.15) is 13.2 Å². The van der Waals surface area contributed by atoms with E-state index in [1.165, 1.54) is 6.92 Å². The Balaban J connectivity index is 2.97. The highest BCUT2D eigenvalue weighted by Gasteiger charge is 2.46. The van der Waals surface area contributed by atoms with Gasteiger partial charge in [-0.05, 0) is 26.2 Å². The number of likely N-dealkylation sites (tertiary alicyclic amines) is 1. The zero-order valence-corrected chi connectivity index (χ0v) is 11.7. The lowest BCUT2D eigenvalue weighted by molar-refractivity contribution is -0.153. The molecule has 0 aliphatic carbocycles. The molecule has 1 heterocycles. The summed E-state index contributed by atoms with van der Waals surface area (Å²) in [6.45, 7) is -1.22. The first kappa shape index (κ1) is 17.5. The van der Waals surface area contributed by atoms with E-state index in [9.17, 15) is 27.9 Å². The van der Waals surface area contributed by atoms with E-state index in [1.54, 1.807) is 0 Å². The summed E-state index contributed by atoms with van der Waals surface area (Å²) in [5.74, 6) is -1.24. The number of aliphatic hydroxyl groups is 1. The number of aliphatic hydroxyl groups excluding tert-OH is 1. The number of urea groups is 1. The number of rotatable bonds is 4. The summed E-state index contributed by atoms with van der Waals surface area (Å²) < 4.78 is 37.5. The molecule has 1 aliphatic rings. The summed E-state index contributed by atoms with van der Waals surface area (Å²) in [6, 6.07) is -1.01. The SMILES string of the molecule is CC1(C(=O)O)CCCCN1C(=O)N(CCO)CC(F)(F)F. The van der Waals surface area contributed by atoms with E-state index < -0.39 is 43.4 Å². The summed E-state index contributed by atoms with van der Waals surface area (Å²) in [5, 5.41) is 18.1. The Morgan fingerprint density at radius 1 is 1.33 bits per heavy atom. The van der Waals surface area contributed by atoms with Crippen molar-refractivity contribution < 1.29 is 33.0 Å². The molecule has 122 valence electrons. The van der Waals surface area contributed by atoms with Gasteiger partial charge in [0.15, 0.2) is 0 Å². The molecular weight excluding hydrogens is 293 g/mol. The number of carbonyl (C=O) groups is 2. The molecule has 21 heavy (non-hydrogen) atoms. The molecule has 0 aromatic heterocycles. The molecule has 2 amide bonds. The van der Waals surface area contributed by atoms with Gasteiger partial charge in [0.1, 0.15) is 12.1 Å². The molecule has 0 spiro atoms. The first-order valence-corrected chi connectivity index (χ1v) is 6.59. The molecule has 1 fully saturated rings. The number of alkyl halides is 3. The van der Waals surface area contributed by atoms with Crippen LogP contribution < -0.4 is 0 Å². The summed E-state index contributed by atoms with van der Waals surface area (Å²) in [5.41, 5.74) is -1.52. The molecule has 0 bridgehead atoms. The second kappa shape index (κ2) is 6.50. The Labute approximate surface area is 120 Å². The van der Waals surface area contributed by atoms with Crippen molar-refractivity contribution in [1.29, 1.82) is 0 Å². The third-order valence-electron chi connectivity index (χ3n) is 3.59. The summed E-state index contributed by atoms with van der Waals surface area (Å²) >= 11 is 0. The monoisotopic (exact) mass is 312 g/mol. The van der Waals surface area contributed by atoms with Crippen LogP contribution in [0.3, 0.4) is 0 Å². The molecule has 1 aliphatic heterocycles. The van der Waals surface area contributed by atoms with Crippen molar-refractivity contribution in [3.63, 3.8) is 0 Å². The van der Waals surface area contributed by atoms with Crippen molar-refractivity contribution in [3.05, 3.63) is 0 Å². The maximum Gasteiger partial charge on any atom is 0.406 e. The molecule has 0 aromatic rings. The highest BCUT2D eigenvalue weighted by Crippen LogP contribution is 2.30. The molecule has 1 atom stereocenters. The van der Waals surface area contributed by atoms with Crippen LogP contribution in [0.5, 0.6) is 0 Å². The molecule has 1 rings (SSSR count). The number of nitrogens with zero attached hydrogens (tertiary/aromatic N) is 2. The Bertz CT molecular complexity index is 402. The van der Waals surface area contributed by atoms with Crippen LogP contribution in [0.2, 0.25) is 0 Å². The van der Waals surface area contributed by atoms with Gasteiger partial charge in [0.05, 0.1) is 6.61 Å². The van der Waals surface area contributed by atoms with Crippen LogP contribution in [-0.2, 0) is 4.79 Å². The van der Waals surface area contributed by atoms with E-state index >= 15 is 0 Å². The summed E-state index contributed by atoms with van der Waals surface area (Å²) in [7, 11) is 0. The van der Waals surface area contributed by atoms with Gasteiger partial charge in [0.2, 0.25) is 0 Å². The van der Waals surface area contributed by atoms with Crippen LogP contribution >= 0.6 is 0 Å². The third kappa shape index (κ3) is 4.23. The molecule has 1 unspecified atom stereocenters. The van der Waals surface area contributed by atoms with Crippen LogP contribution in [0.15, 0.2) is 0 Å². The van der Waals surface area contributed by atoms with Crippen LogP contribution in [0, 0.1) is 0 Å². The molecule has 0 saturated carbocycles. The number of piperidine rings is 1. The molecule has 2 N–H and O–H groups in total. The fourth-order valence-electron chi connectivity index (χ4n) is 2.40. The van der Waals surface area contributed by atoms with Gasteiger partial charge in [-0.15, -0.1) is 0 Å². The fourth-order valence-corrected chi connectivity index (χ4v) is 2.40. The molecule has 9 heteroatoms. The number of amides is 2. The number of hydrogen-bond acceptors (Lipinski definition) is 3. The Kier molecular flexibility index (Phi) is 5.43. The number of hydrogen-bond donors (Lipinski definition) is 2. The third-order valence-corrected chi connectivity index (χ3v) is 3.59. The smallest absolute Gasteiger partial charge is 0.406 e. The molecular formula is C12H19F3N2O4. The summed E-state index contributed by atoms with van der Waals surface area (Å²) in [4.78, 5) is 25.0. The van der Waals surface area contributed by atoms with Crippen molar-refractivity contribution >= 4 is 12.0 Å². The standard InChI is InChI=1S/C12H19F3N2O4/c1-11(9(19)20)4-2-3-5-17(11)10(21)16(6-7-18)8-12(13,14)15/h18H,2-8H2,1H3,(H,19,20). The normalized spacial score (nSPS) is 23.0. The number of aliphatic carboxylic acids is 1. The van der Waals surface area contributed by atoms with Gasteiger partial charge in [0, 0.05) is 13.1 Å². The fraction of sp³-hybridized carbons (Fsp3) is 0.833. The predicted molar refractivity (Wildman–Crippen MR) is 66.7 cm³/mol. The topological polar surface area (TPSA) is 81.1 Å². The predicted octanol–water partition coefficient (Wildman–Crippen LogP) is 1.29. The van der Waals surface area contributed by atoms with Gasteiger partial charge >= 0.3 is 18.2 Å². The highest BCUT2D eigenvalue weighted by atomic mass is 19.4. The van der Waals surface area contributed by atoms with E-state index in [4.69, 9.17) is 5.11 Å². The van der Waals surface area contributed by atoms with E-state index in [2.05, 4.69) is 0 Å². The van der Waals surface area contributed by atoms with Crippen molar-refractivity contribution in [1.82, 2.24) is 9.80 Å². The van der Waals surface area contributed by atoms with E-state index in [1.807, 2.05) is 0 Å². The highest BCUT2D eigenvalue weighted by molar-refractivity contribution is 5.86. The average Bonchev–Trinajstić information content (AvgIpc) is 2.36. The second-order valence-electron chi connectivity index (χ2n) is 5.23. The van der Waals surface area contributed by atoms with Gasteiger partial charge < -0.3 is 20.0 Å². The van der Waals surface area contributed by atoms with Crippen molar-refractivity contribution in [2.24, 2.45) is 0 Å². The molecule has 0 radical (unpaired) electrons. The number of carboxylic acids is 1. The zero-order valence-electron chi connectivity index (χ0n) is 11.7. The van der Waals surface area contributed by atoms with Crippen molar-refractivity contribution in [2.45, 2.75) is 37.9 Å². The van der Waals surface area contributed by atoms with Gasteiger partial charge in [-0.1, -0.05) is 0 Å². The van der Waals surface area contributed by atoms with Gasteiger partial charge in [-0.25, -0.2) is 9.59 Å². The summed E-state index contributed by atoms with van der Waals surface area (Å²) in [6.07, 6.45) is -3.30. The second-order valence-corrected chi connectivity index (χ2v) is 5.23. The van der Waals surface area contributed by atoms with E-state index in [-0.39, 0.29) is 13.0 Å². The lowest BCUT2D eigenvalue weighted by atomic mass is 9.89. The Morgan fingerprint density at radius 3 is 2.43 bits per heavy atom. The van der Waals surface area contributed by atoms with Crippen LogP contribution in [-0.4, -0.2) is 70.0 Å². The number of carbonyl (C=O) groups excluding carboxylic acids is 1. The minimum absolute atomic E-state index is 0.0847. The van der Waals surface area contributed by atoms with Crippen LogP contribution in [0.1, 0.15) is 26.2 Å². The lowest BCUT2D eigenvalue weighted by Crippen LogP contribution is -2.61. The van der Waals surface area contributed by atoms with Crippen LogP contribution in [0.4, 0.5) is 18.0 Å². The molecule has 6 nitrogen and oxygen atoms in total. The first-order valence-electron chi connectivity index (χ1n) is 6.59. The largest absolute Gasteiger partial charge is 0.480 e. The number of carboxylic acid groups (broad SMARTS) is 1. The quantitative estimate of drug-likeness (QED) is 0.820. The minimum atomic E-state index is -4.61. The van der Waals surface area contributed by atoms with Crippen molar-refractivity contribution in [2.75, 3.05) is 26.2 Å². The Morgan fingerprint density at radius 2 is 1.95 bits per heavy atom.